The second kappa shape index (κ2) is 12.0. The maximum atomic E-state index is 11.8. The predicted molar refractivity (Wildman–Crippen MR) is 79.3 cm³/mol. The van der Waals surface area contributed by atoms with Crippen molar-refractivity contribution in [1.29, 1.82) is 5.26 Å². The molecule has 1 atom stereocenters. The van der Waals surface area contributed by atoms with E-state index < -0.39 is 11.9 Å². The molecule has 5 nitrogen and oxygen atoms in total. The number of hydrogen-bond donors (Lipinski definition) is 0. The van der Waals surface area contributed by atoms with Gasteiger partial charge in [0.2, 0.25) is 0 Å². The highest BCUT2D eigenvalue weighted by Crippen LogP contribution is 2.13. The highest BCUT2D eigenvalue weighted by molar-refractivity contribution is 5.93. The second-order valence-electron chi connectivity index (χ2n) is 4.87. The lowest BCUT2D eigenvalue weighted by Gasteiger charge is -2.17. The van der Waals surface area contributed by atoms with Gasteiger partial charge in [0.25, 0.3) is 0 Å². The summed E-state index contributed by atoms with van der Waals surface area (Å²) in [4.78, 5) is 23.3. The molecule has 0 bridgehead atoms. The average Bonchev–Trinajstić information content (AvgIpc) is 2.44. The Balaban J connectivity index is 4.17. The number of carbonyl (C=O) groups is 2. The van der Waals surface area contributed by atoms with Gasteiger partial charge in [0.15, 0.2) is 0 Å². The van der Waals surface area contributed by atoms with Crippen LogP contribution in [-0.2, 0) is 19.1 Å². The molecule has 0 saturated heterocycles. The molecule has 0 N–H and O–H groups in total. The van der Waals surface area contributed by atoms with E-state index in [9.17, 15) is 9.59 Å². The molecule has 0 spiro atoms. The minimum Gasteiger partial charge on any atom is -0.462 e. The Hall–Kier alpha value is -1.83. The molecule has 0 aliphatic carbocycles. The van der Waals surface area contributed by atoms with Crippen molar-refractivity contribution in [3.8, 4) is 6.07 Å². The van der Waals surface area contributed by atoms with Gasteiger partial charge in [-0.3, -0.25) is 4.79 Å². The molecular weight excluding hydrogens is 270 g/mol. The van der Waals surface area contributed by atoms with Gasteiger partial charge in [0.1, 0.15) is 12.7 Å². The van der Waals surface area contributed by atoms with Crippen molar-refractivity contribution in [2.75, 3.05) is 6.61 Å². The van der Waals surface area contributed by atoms with Crippen LogP contribution in [0.4, 0.5) is 0 Å². The molecule has 5 heteroatoms. The van der Waals surface area contributed by atoms with E-state index in [0.717, 1.165) is 32.1 Å². The van der Waals surface area contributed by atoms with Crippen molar-refractivity contribution >= 4 is 11.9 Å². The van der Waals surface area contributed by atoms with Crippen LogP contribution in [0.5, 0.6) is 0 Å². The van der Waals surface area contributed by atoms with Crippen molar-refractivity contribution in [1.82, 2.24) is 0 Å². The minimum absolute atomic E-state index is 0.0123. The third-order valence-corrected chi connectivity index (χ3v) is 2.88. The van der Waals surface area contributed by atoms with Gasteiger partial charge in [-0.1, -0.05) is 39.7 Å². The first-order chi connectivity index (χ1) is 10.0. The fourth-order valence-electron chi connectivity index (χ4n) is 1.78. The summed E-state index contributed by atoms with van der Waals surface area (Å²) in [6.45, 7) is 7.67. The Morgan fingerprint density at radius 3 is 2.52 bits per heavy atom. The van der Waals surface area contributed by atoms with Gasteiger partial charge in [-0.05, 0) is 12.8 Å². The van der Waals surface area contributed by atoms with Crippen molar-refractivity contribution in [3.05, 3.63) is 12.2 Å². The van der Waals surface area contributed by atoms with Crippen molar-refractivity contribution < 1.29 is 19.1 Å². The van der Waals surface area contributed by atoms with Crippen LogP contribution in [-0.4, -0.2) is 24.6 Å². The predicted octanol–water partition coefficient (Wildman–Crippen LogP) is 3.29. The zero-order valence-electron chi connectivity index (χ0n) is 13.0. The van der Waals surface area contributed by atoms with E-state index in [4.69, 9.17) is 14.7 Å². The van der Waals surface area contributed by atoms with E-state index in [1.165, 1.54) is 0 Å². The summed E-state index contributed by atoms with van der Waals surface area (Å²) in [6.07, 6.45) is 4.53. The molecule has 0 aliphatic rings. The van der Waals surface area contributed by atoms with Crippen LogP contribution in [0.2, 0.25) is 0 Å². The molecule has 0 aromatic rings. The van der Waals surface area contributed by atoms with Crippen LogP contribution < -0.4 is 0 Å². The van der Waals surface area contributed by atoms with Gasteiger partial charge in [-0.15, -0.1) is 0 Å². The third kappa shape index (κ3) is 9.67. The second-order valence-corrected chi connectivity index (χ2v) is 4.87. The molecule has 0 saturated carbocycles. The number of nitriles is 1. The zero-order chi connectivity index (χ0) is 16.1. The van der Waals surface area contributed by atoms with Gasteiger partial charge < -0.3 is 9.47 Å². The largest absolute Gasteiger partial charge is 0.462 e. The fourth-order valence-corrected chi connectivity index (χ4v) is 1.78. The van der Waals surface area contributed by atoms with Crippen LogP contribution in [0.25, 0.3) is 0 Å². The molecular formula is C16H25NO4. The van der Waals surface area contributed by atoms with Gasteiger partial charge in [-0.25, -0.2) is 4.79 Å². The van der Waals surface area contributed by atoms with Crippen molar-refractivity contribution in [3.63, 3.8) is 0 Å². The van der Waals surface area contributed by atoms with E-state index in [2.05, 4.69) is 13.5 Å². The molecule has 0 aromatic heterocycles. The topological polar surface area (TPSA) is 76.4 Å². The van der Waals surface area contributed by atoms with E-state index in [1.54, 1.807) is 0 Å². The number of esters is 2. The molecule has 0 aliphatic heterocycles. The van der Waals surface area contributed by atoms with Crippen molar-refractivity contribution in [2.24, 2.45) is 0 Å². The Kier molecular flexibility index (Phi) is 10.9. The zero-order valence-corrected chi connectivity index (χ0v) is 13.0. The summed E-state index contributed by atoms with van der Waals surface area (Å²) in [5.41, 5.74) is 0.0590. The molecule has 0 fully saturated rings. The Labute approximate surface area is 126 Å². The number of unbranched alkanes of at least 4 members (excludes halogenated alkanes) is 1. The van der Waals surface area contributed by atoms with Crippen molar-refractivity contribution in [2.45, 2.75) is 64.9 Å². The lowest BCUT2D eigenvalue weighted by atomic mass is 10.1. The third-order valence-electron chi connectivity index (χ3n) is 2.88. The highest BCUT2D eigenvalue weighted by atomic mass is 16.5. The average molecular weight is 295 g/mol. The Morgan fingerprint density at radius 1 is 1.24 bits per heavy atom. The van der Waals surface area contributed by atoms with Gasteiger partial charge >= 0.3 is 11.9 Å². The first kappa shape index (κ1) is 19.2. The fraction of sp³-hybridized carbons (Fsp3) is 0.688. The summed E-state index contributed by atoms with van der Waals surface area (Å²) >= 11 is 0. The number of nitrogens with zero attached hydrogens (tertiary/aromatic N) is 1. The normalized spacial score (nSPS) is 11.3. The van der Waals surface area contributed by atoms with E-state index in [1.807, 2.05) is 13.0 Å². The van der Waals surface area contributed by atoms with Gasteiger partial charge in [0.05, 0.1) is 18.9 Å². The summed E-state index contributed by atoms with van der Waals surface area (Å²) < 4.78 is 10.2. The monoisotopic (exact) mass is 295 g/mol. The van der Waals surface area contributed by atoms with E-state index in [-0.39, 0.29) is 31.1 Å². The first-order valence-electron chi connectivity index (χ1n) is 7.46. The maximum Gasteiger partial charge on any atom is 0.334 e. The molecule has 1 unspecified atom stereocenters. The lowest BCUT2D eigenvalue weighted by molar-refractivity contribution is -0.151. The van der Waals surface area contributed by atoms with E-state index >= 15 is 0 Å². The number of rotatable bonds is 11. The molecule has 0 amide bonds. The van der Waals surface area contributed by atoms with Gasteiger partial charge in [0, 0.05) is 5.57 Å². The van der Waals surface area contributed by atoms with Gasteiger partial charge in [-0.2, -0.15) is 5.26 Å². The SMILES string of the molecule is C=C(CC(=O)OC(CCC)CCCC)C(=O)OCCC#N. The minimum atomic E-state index is -0.650. The molecule has 0 rings (SSSR count). The van der Waals surface area contributed by atoms with Crippen LogP contribution in [0, 0.1) is 11.3 Å². The first-order valence-corrected chi connectivity index (χ1v) is 7.46. The van der Waals surface area contributed by atoms with Crippen LogP contribution in [0.3, 0.4) is 0 Å². The Morgan fingerprint density at radius 2 is 1.95 bits per heavy atom. The highest BCUT2D eigenvalue weighted by Gasteiger charge is 2.17. The summed E-state index contributed by atoms with van der Waals surface area (Å²) in [5, 5.41) is 8.35. The van der Waals surface area contributed by atoms with Crippen LogP contribution in [0.1, 0.15) is 58.8 Å². The quantitative estimate of drug-likeness (QED) is 0.332. The Bertz CT molecular complexity index is 384. The molecule has 21 heavy (non-hydrogen) atoms. The lowest BCUT2D eigenvalue weighted by Crippen LogP contribution is -2.20. The number of hydrogen-bond acceptors (Lipinski definition) is 5. The smallest absolute Gasteiger partial charge is 0.334 e. The molecule has 0 radical (unpaired) electrons. The molecule has 0 heterocycles. The van der Waals surface area contributed by atoms with E-state index in [0.29, 0.717) is 0 Å². The molecule has 0 aromatic carbocycles. The number of ether oxygens (including phenoxy) is 2. The van der Waals surface area contributed by atoms with Crippen LogP contribution in [0.15, 0.2) is 12.2 Å². The van der Waals surface area contributed by atoms with Crippen LogP contribution >= 0.6 is 0 Å². The standard InChI is InChI=1S/C16H25NO4/c1-4-6-9-14(8-5-2)21-15(18)12-13(3)16(19)20-11-7-10-17/h14H,3-9,11-12H2,1-2H3. The maximum absolute atomic E-state index is 11.8. The number of carbonyl (C=O) groups excluding carboxylic acids is 2. The summed E-state index contributed by atoms with van der Waals surface area (Å²) in [7, 11) is 0. The summed E-state index contributed by atoms with van der Waals surface area (Å²) in [6, 6.07) is 1.86. The summed E-state index contributed by atoms with van der Waals surface area (Å²) in [5.74, 6) is -1.10. The molecule has 118 valence electrons.